The first kappa shape index (κ1) is 24.3. The van der Waals surface area contributed by atoms with Crippen LogP contribution in [0, 0.1) is 5.92 Å². The van der Waals surface area contributed by atoms with Gasteiger partial charge in [-0.25, -0.2) is 0 Å². The van der Waals surface area contributed by atoms with E-state index in [2.05, 4.69) is 22.2 Å². The molecule has 1 aromatic carbocycles. The molecule has 1 aliphatic rings. The minimum Gasteiger partial charge on any atom is -0.468 e. The van der Waals surface area contributed by atoms with Gasteiger partial charge in [0.25, 0.3) is 0 Å². The molecule has 0 radical (unpaired) electrons. The van der Waals surface area contributed by atoms with Crippen LogP contribution in [0.1, 0.15) is 18.4 Å². The summed E-state index contributed by atoms with van der Waals surface area (Å²) in [6.07, 6.45) is 3.71. The molecule has 5 nitrogen and oxygen atoms in total. The summed E-state index contributed by atoms with van der Waals surface area (Å²) < 4.78 is 5.81. The highest BCUT2D eigenvalue weighted by atomic mass is 32.2. The Labute approximate surface area is 195 Å². The van der Waals surface area contributed by atoms with E-state index >= 15 is 0 Å². The largest absolute Gasteiger partial charge is 0.468 e. The third-order valence-corrected chi connectivity index (χ3v) is 8.74. The van der Waals surface area contributed by atoms with Crippen molar-refractivity contribution in [3.63, 3.8) is 0 Å². The zero-order valence-corrected chi connectivity index (χ0v) is 19.9. The molecule has 4 atom stereocenters. The number of hydrogen-bond acceptors (Lipinski definition) is 8. The quantitative estimate of drug-likeness (QED) is 0.288. The molecule has 2 aromatic rings. The number of ketones is 1. The molecule has 0 saturated heterocycles. The lowest BCUT2D eigenvalue weighted by Crippen LogP contribution is -2.22. The van der Waals surface area contributed by atoms with Crippen molar-refractivity contribution in [2.75, 3.05) is 24.4 Å². The minimum absolute atomic E-state index is 0.0627. The number of carbonyl (C=O) groups excluding carboxylic acids is 2. The third-order valence-electron chi connectivity index (χ3n) is 5.25. The highest BCUT2D eigenvalue weighted by Crippen LogP contribution is 2.35. The number of rotatable bonds is 11. The van der Waals surface area contributed by atoms with Crippen LogP contribution in [0.5, 0.6) is 0 Å². The third kappa shape index (κ3) is 6.83. The van der Waals surface area contributed by atoms with E-state index in [0.29, 0.717) is 12.2 Å². The second-order valence-corrected chi connectivity index (χ2v) is 10.8. The number of aliphatic hydroxyl groups excluding tert-OH is 2. The number of esters is 1. The maximum Gasteiger partial charge on any atom is 0.315 e. The number of fused-ring (bicyclic) bond motifs is 1. The van der Waals surface area contributed by atoms with Crippen molar-refractivity contribution >= 4 is 56.7 Å². The lowest BCUT2D eigenvalue weighted by molar-refractivity contribution is -0.137. The van der Waals surface area contributed by atoms with Gasteiger partial charge < -0.3 is 14.9 Å². The summed E-state index contributed by atoms with van der Waals surface area (Å²) in [5.74, 6) is 1.49. The van der Waals surface area contributed by atoms with Crippen LogP contribution < -0.4 is 0 Å². The summed E-state index contributed by atoms with van der Waals surface area (Å²) in [6.45, 7) is 0. The molecule has 0 spiro atoms. The molecule has 1 saturated carbocycles. The van der Waals surface area contributed by atoms with Crippen LogP contribution in [0.4, 0.5) is 0 Å². The number of methoxy groups -OCH3 is 1. The number of hydrogen-bond donors (Lipinski definition) is 2. The van der Waals surface area contributed by atoms with E-state index in [-0.39, 0.29) is 29.3 Å². The topological polar surface area (TPSA) is 83.8 Å². The molecule has 1 unspecified atom stereocenters. The fourth-order valence-electron chi connectivity index (χ4n) is 3.63. The zero-order chi connectivity index (χ0) is 22.2. The molecule has 1 heterocycles. The van der Waals surface area contributed by atoms with Crippen LogP contribution in [0.25, 0.3) is 10.1 Å². The number of ether oxygens (including phenoxy) is 1. The molecule has 0 aliphatic heterocycles. The fraction of sp³-hybridized carbons (Fsp3) is 0.478. The molecular weight excluding hydrogens is 452 g/mol. The highest BCUT2D eigenvalue weighted by Gasteiger charge is 2.40. The smallest absolute Gasteiger partial charge is 0.315 e. The first-order valence-corrected chi connectivity index (χ1v) is 13.4. The van der Waals surface area contributed by atoms with Gasteiger partial charge in [-0.1, -0.05) is 30.4 Å². The van der Waals surface area contributed by atoms with Crippen molar-refractivity contribution in [1.29, 1.82) is 0 Å². The van der Waals surface area contributed by atoms with E-state index in [4.69, 9.17) is 0 Å². The van der Waals surface area contributed by atoms with Gasteiger partial charge in [-0.2, -0.15) is 11.8 Å². The van der Waals surface area contributed by atoms with Crippen LogP contribution in [0.15, 0.2) is 41.8 Å². The van der Waals surface area contributed by atoms with E-state index < -0.39 is 12.2 Å². The Balaban J connectivity index is 1.50. The number of thioether (sulfide) groups is 2. The molecule has 2 N–H and O–H groups in total. The average molecular weight is 481 g/mol. The minimum atomic E-state index is -0.705. The van der Waals surface area contributed by atoms with Crippen LogP contribution >= 0.6 is 34.9 Å². The monoisotopic (exact) mass is 480 g/mol. The Morgan fingerprint density at radius 1 is 1.35 bits per heavy atom. The van der Waals surface area contributed by atoms with Crippen LogP contribution in [-0.4, -0.2) is 63.8 Å². The Kier molecular flexibility index (Phi) is 9.47. The Bertz CT molecular complexity index is 910. The van der Waals surface area contributed by atoms with Crippen molar-refractivity contribution < 1.29 is 24.5 Å². The number of carbonyl (C=O) groups is 2. The lowest BCUT2D eigenvalue weighted by atomic mass is 10.0. The van der Waals surface area contributed by atoms with E-state index in [1.807, 2.05) is 18.2 Å². The van der Waals surface area contributed by atoms with E-state index in [9.17, 15) is 19.8 Å². The fourth-order valence-corrected chi connectivity index (χ4v) is 6.91. The summed E-state index contributed by atoms with van der Waals surface area (Å²) >= 11 is 4.74. The molecule has 168 valence electrons. The first-order chi connectivity index (χ1) is 15.0. The molecule has 1 aromatic heterocycles. The predicted octanol–water partition coefficient (Wildman–Crippen LogP) is 3.71. The summed E-state index contributed by atoms with van der Waals surface area (Å²) in [5, 5.41) is 23.8. The lowest BCUT2D eigenvalue weighted by Gasteiger charge is -2.17. The zero-order valence-electron chi connectivity index (χ0n) is 17.4. The Morgan fingerprint density at radius 3 is 2.97 bits per heavy atom. The van der Waals surface area contributed by atoms with Gasteiger partial charge in [0.2, 0.25) is 0 Å². The average Bonchev–Trinajstić information content (AvgIpc) is 3.28. The van der Waals surface area contributed by atoms with Crippen molar-refractivity contribution in [3.8, 4) is 0 Å². The van der Waals surface area contributed by atoms with Gasteiger partial charge in [-0.3, -0.25) is 9.59 Å². The van der Waals surface area contributed by atoms with E-state index in [0.717, 1.165) is 28.9 Å². The second kappa shape index (κ2) is 12.1. The molecule has 3 rings (SSSR count). The number of thiophene rings is 1. The normalized spacial score (nSPS) is 22.4. The molecule has 0 amide bonds. The molecule has 1 aliphatic carbocycles. The maximum atomic E-state index is 12.3. The van der Waals surface area contributed by atoms with Crippen LogP contribution in [0.2, 0.25) is 0 Å². The van der Waals surface area contributed by atoms with Crippen LogP contribution in [0.3, 0.4) is 0 Å². The first-order valence-electron chi connectivity index (χ1n) is 10.3. The van der Waals surface area contributed by atoms with Gasteiger partial charge in [0, 0.05) is 23.5 Å². The van der Waals surface area contributed by atoms with E-state index in [1.165, 1.54) is 23.6 Å². The number of benzene rings is 1. The summed E-state index contributed by atoms with van der Waals surface area (Å²) in [4.78, 5) is 23.5. The number of Topliss-reactive ketones (excluding diaryl/α,β-unsaturated/α-hetero) is 1. The van der Waals surface area contributed by atoms with Gasteiger partial charge in [-0.15, -0.1) is 23.1 Å². The van der Waals surface area contributed by atoms with Gasteiger partial charge in [0.15, 0.2) is 0 Å². The van der Waals surface area contributed by atoms with Crippen molar-refractivity contribution in [3.05, 3.63) is 47.4 Å². The maximum absolute atomic E-state index is 12.3. The molecule has 8 heteroatoms. The van der Waals surface area contributed by atoms with Gasteiger partial charge >= 0.3 is 5.97 Å². The summed E-state index contributed by atoms with van der Waals surface area (Å²) in [5.41, 5.74) is 1.11. The van der Waals surface area contributed by atoms with Crippen molar-refractivity contribution in [2.24, 2.45) is 5.92 Å². The SMILES string of the molecule is COC(=O)CSCCCS[C@H]1C(=O)C[C@@H](O)[C@@H]1C=CC(O)Cc1csc2ccccc12. The highest BCUT2D eigenvalue weighted by molar-refractivity contribution is 8.01. The summed E-state index contributed by atoms with van der Waals surface area (Å²) in [6, 6.07) is 8.14. The van der Waals surface area contributed by atoms with Crippen molar-refractivity contribution in [1.82, 2.24) is 0 Å². The number of aliphatic hydroxyl groups is 2. The standard InChI is InChI=1S/C23H28O5S3/c1-28-22(27)14-29-9-4-10-30-23-18(19(25)12-20(23)26)8-7-16(24)11-15-13-31-21-6-3-2-5-17(15)21/h2-3,5-8,13,16,18-19,23-25H,4,9-12,14H2,1H3/t16?,18-,19+,23+/m0/s1. The Morgan fingerprint density at radius 2 is 2.16 bits per heavy atom. The predicted molar refractivity (Wildman–Crippen MR) is 130 cm³/mol. The molecule has 0 bridgehead atoms. The van der Waals surface area contributed by atoms with Gasteiger partial charge in [0.1, 0.15) is 5.78 Å². The van der Waals surface area contributed by atoms with Crippen LogP contribution in [-0.2, 0) is 20.7 Å². The second-order valence-electron chi connectivity index (χ2n) is 7.50. The van der Waals surface area contributed by atoms with Gasteiger partial charge in [0.05, 0.1) is 30.3 Å². The van der Waals surface area contributed by atoms with Crippen molar-refractivity contribution in [2.45, 2.75) is 36.7 Å². The van der Waals surface area contributed by atoms with E-state index in [1.54, 1.807) is 29.2 Å². The molecule has 31 heavy (non-hydrogen) atoms. The Hall–Kier alpha value is -1.32. The summed E-state index contributed by atoms with van der Waals surface area (Å²) in [7, 11) is 1.38. The molecular formula is C23H28O5S3. The van der Waals surface area contributed by atoms with Gasteiger partial charge in [-0.05, 0) is 40.3 Å². The molecule has 1 fully saturated rings.